The number of carbonyl (C=O) groups is 1. The molecular formula is C14H20ClNO. The molecule has 1 amide bonds. The van der Waals surface area contributed by atoms with E-state index >= 15 is 0 Å². The molecule has 1 aromatic rings. The van der Waals surface area contributed by atoms with Crippen LogP contribution in [0.15, 0.2) is 18.2 Å². The van der Waals surface area contributed by atoms with Gasteiger partial charge in [-0.15, -0.1) is 0 Å². The van der Waals surface area contributed by atoms with Crippen LogP contribution in [0.5, 0.6) is 0 Å². The van der Waals surface area contributed by atoms with Crippen LogP contribution in [-0.2, 0) is 11.2 Å². The van der Waals surface area contributed by atoms with Crippen molar-refractivity contribution in [2.24, 2.45) is 0 Å². The third kappa shape index (κ3) is 4.78. The van der Waals surface area contributed by atoms with Crippen molar-refractivity contribution in [1.82, 2.24) is 5.32 Å². The van der Waals surface area contributed by atoms with Crippen LogP contribution in [0.3, 0.4) is 0 Å². The van der Waals surface area contributed by atoms with E-state index in [0.717, 1.165) is 29.0 Å². The van der Waals surface area contributed by atoms with Crippen molar-refractivity contribution in [3.8, 4) is 0 Å². The van der Waals surface area contributed by atoms with Gasteiger partial charge >= 0.3 is 0 Å². The van der Waals surface area contributed by atoms with Gasteiger partial charge in [0.1, 0.15) is 0 Å². The zero-order valence-electron chi connectivity index (χ0n) is 10.7. The Hall–Kier alpha value is -1.02. The molecule has 0 saturated heterocycles. The van der Waals surface area contributed by atoms with Gasteiger partial charge in [-0.25, -0.2) is 0 Å². The van der Waals surface area contributed by atoms with Crippen LogP contribution in [0.4, 0.5) is 0 Å². The third-order valence-electron chi connectivity index (χ3n) is 2.90. The van der Waals surface area contributed by atoms with Gasteiger partial charge < -0.3 is 5.32 Å². The number of hydrogen-bond acceptors (Lipinski definition) is 1. The molecule has 0 radical (unpaired) electrons. The van der Waals surface area contributed by atoms with Crippen LogP contribution in [0, 0.1) is 6.92 Å². The fourth-order valence-corrected chi connectivity index (χ4v) is 1.70. The van der Waals surface area contributed by atoms with Crippen molar-refractivity contribution in [2.75, 3.05) is 0 Å². The Morgan fingerprint density at radius 1 is 1.47 bits per heavy atom. The molecule has 94 valence electrons. The molecule has 1 atom stereocenters. The maximum Gasteiger partial charge on any atom is 0.220 e. The second-order valence-electron chi connectivity index (χ2n) is 4.46. The largest absolute Gasteiger partial charge is 0.354 e. The van der Waals surface area contributed by atoms with Gasteiger partial charge in [0, 0.05) is 17.5 Å². The minimum atomic E-state index is 0.107. The number of carbonyl (C=O) groups excluding carboxylic acids is 1. The molecule has 0 aromatic heterocycles. The molecule has 0 fully saturated rings. The summed E-state index contributed by atoms with van der Waals surface area (Å²) in [6, 6.07) is 6.21. The molecular weight excluding hydrogens is 234 g/mol. The van der Waals surface area contributed by atoms with Gasteiger partial charge in [0.05, 0.1) is 0 Å². The van der Waals surface area contributed by atoms with Gasteiger partial charge in [-0.05, 0) is 43.9 Å². The zero-order chi connectivity index (χ0) is 12.8. The maximum absolute atomic E-state index is 11.6. The Bertz CT molecular complexity index is 390. The van der Waals surface area contributed by atoms with Crippen LogP contribution in [0.2, 0.25) is 5.02 Å². The summed E-state index contributed by atoms with van der Waals surface area (Å²) in [5, 5.41) is 3.72. The maximum atomic E-state index is 11.6. The van der Waals surface area contributed by atoms with E-state index in [-0.39, 0.29) is 11.9 Å². The fraction of sp³-hybridized carbons (Fsp3) is 0.500. The average Bonchev–Trinajstić information content (AvgIpc) is 2.30. The number of amides is 1. The van der Waals surface area contributed by atoms with E-state index < -0.39 is 0 Å². The van der Waals surface area contributed by atoms with Crippen molar-refractivity contribution in [3.63, 3.8) is 0 Å². The van der Waals surface area contributed by atoms with Gasteiger partial charge in [-0.2, -0.15) is 0 Å². The van der Waals surface area contributed by atoms with Crippen molar-refractivity contribution < 1.29 is 4.79 Å². The molecule has 1 unspecified atom stereocenters. The van der Waals surface area contributed by atoms with Crippen LogP contribution in [0.25, 0.3) is 0 Å². The topological polar surface area (TPSA) is 29.1 Å². The van der Waals surface area contributed by atoms with E-state index in [1.165, 1.54) is 0 Å². The summed E-state index contributed by atoms with van der Waals surface area (Å²) >= 11 is 6.04. The summed E-state index contributed by atoms with van der Waals surface area (Å²) in [5.74, 6) is 0.107. The average molecular weight is 254 g/mol. The SMILES string of the molecule is CCC(C)NC(=O)CCc1ccc(C)c(Cl)c1. The molecule has 0 spiro atoms. The minimum absolute atomic E-state index is 0.107. The lowest BCUT2D eigenvalue weighted by molar-refractivity contribution is -0.121. The van der Waals surface area contributed by atoms with E-state index in [2.05, 4.69) is 12.2 Å². The van der Waals surface area contributed by atoms with E-state index in [9.17, 15) is 4.79 Å². The summed E-state index contributed by atoms with van der Waals surface area (Å²) in [5.41, 5.74) is 2.18. The number of nitrogens with one attached hydrogen (secondary N) is 1. The van der Waals surface area contributed by atoms with Gasteiger partial charge in [0.2, 0.25) is 5.91 Å². The van der Waals surface area contributed by atoms with Crippen LogP contribution in [0.1, 0.15) is 37.8 Å². The first-order valence-corrected chi connectivity index (χ1v) is 6.45. The van der Waals surface area contributed by atoms with Gasteiger partial charge in [0.25, 0.3) is 0 Å². The van der Waals surface area contributed by atoms with Crippen LogP contribution in [-0.4, -0.2) is 11.9 Å². The van der Waals surface area contributed by atoms with Crippen molar-refractivity contribution in [1.29, 1.82) is 0 Å². The molecule has 3 heteroatoms. The first-order chi connectivity index (χ1) is 8.02. The Morgan fingerprint density at radius 2 is 2.18 bits per heavy atom. The van der Waals surface area contributed by atoms with Gasteiger partial charge in [-0.3, -0.25) is 4.79 Å². The lowest BCUT2D eigenvalue weighted by Gasteiger charge is -2.11. The normalized spacial score (nSPS) is 12.2. The third-order valence-corrected chi connectivity index (χ3v) is 3.30. The molecule has 1 N–H and O–H groups in total. The predicted molar refractivity (Wildman–Crippen MR) is 72.4 cm³/mol. The molecule has 0 saturated carbocycles. The highest BCUT2D eigenvalue weighted by Gasteiger charge is 2.06. The summed E-state index contributed by atoms with van der Waals surface area (Å²) in [7, 11) is 0. The molecule has 0 bridgehead atoms. The number of aryl methyl sites for hydroxylation is 2. The highest BCUT2D eigenvalue weighted by molar-refractivity contribution is 6.31. The quantitative estimate of drug-likeness (QED) is 0.855. The predicted octanol–water partition coefficient (Wildman–Crippen LogP) is 3.50. The van der Waals surface area contributed by atoms with Gasteiger partial charge in [0.15, 0.2) is 0 Å². The second-order valence-corrected chi connectivity index (χ2v) is 4.87. The van der Waals surface area contributed by atoms with Crippen molar-refractivity contribution in [2.45, 2.75) is 46.1 Å². The first kappa shape index (κ1) is 14.0. The van der Waals surface area contributed by atoms with E-state index in [1.54, 1.807) is 0 Å². The Labute approximate surface area is 108 Å². The second kappa shape index (κ2) is 6.65. The smallest absolute Gasteiger partial charge is 0.220 e. The number of benzene rings is 1. The summed E-state index contributed by atoms with van der Waals surface area (Å²) in [6.07, 6.45) is 2.22. The molecule has 1 rings (SSSR count). The lowest BCUT2D eigenvalue weighted by atomic mass is 10.1. The fourth-order valence-electron chi connectivity index (χ4n) is 1.50. The molecule has 0 aliphatic heterocycles. The number of halogens is 1. The van der Waals surface area contributed by atoms with Gasteiger partial charge in [-0.1, -0.05) is 30.7 Å². The van der Waals surface area contributed by atoms with E-state index in [0.29, 0.717) is 6.42 Å². The minimum Gasteiger partial charge on any atom is -0.354 e. The Kier molecular flexibility index (Phi) is 5.49. The Morgan fingerprint density at radius 3 is 2.76 bits per heavy atom. The molecule has 0 heterocycles. The van der Waals surface area contributed by atoms with Crippen molar-refractivity contribution >= 4 is 17.5 Å². The summed E-state index contributed by atoms with van der Waals surface area (Å²) in [4.78, 5) is 11.6. The summed E-state index contributed by atoms with van der Waals surface area (Å²) < 4.78 is 0. The standard InChI is InChI=1S/C14H20ClNO/c1-4-11(3)16-14(17)8-7-12-6-5-10(2)13(15)9-12/h5-6,9,11H,4,7-8H2,1-3H3,(H,16,17). The lowest BCUT2D eigenvalue weighted by Crippen LogP contribution is -2.31. The van der Waals surface area contributed by atoms with E-state index in [1.807, 2.05) is 32.0 Å². The van der Waals surface area contributed by atoms with Crippen molar-refractivity contribution in [3.05, 3.63) is 34.3 Å². The monoisotopic (exact) mass is 253 g/mol. The van der Waals surface area contributed by atoms with E-state index in [4.69, 9.17) is 11.6 Å². The highest BCUT2D eigenvalue weighted by Crippen LogP contribution is 2.17. The Balaban J connectivity index is 2.45. The van der Waals surface area contributed by atoms with Crippen LogP contribution < -0.4 is 5.32 Å². The first-order valence-electron chi connectivity index (χ1n) is 6.07. The number of rotatable bonds is 5. The molecule has 2 nitrogen and oxygen atoms in total. The molecule has 0 aliphatic carbocycles. The highest BCUT2D eigenvalue weighted by atomic mass is 35.5. The molecule has 0 aliphatic rings. The zero-order valence-corrected chi connectivity index (χ0v) is 11.5. The van der Waals surface area contributed by atoms with Crippen LogP contribution >= 0.6 is 11.6 Å². The number of hydrogen-bond donors (Lipinski definition) is 1. The molecule has 1 aromatic carbocycles. The molecule has 17 heavy (non-hydrogen) atoms. The summed E-state index contributed by atoms with van der Waals surface area (Å²) in [6.45, 7) is 6.05.